The van der Waals surface area contributed by atoms with Crippen LogP contribution in [-0.2, 0) is 4.74 Å². The van der Waals surface area contributed by atoms with Crippen LogP contribution in [0.1, 0.15) is 0 Å². The van der Waals surface area contributed by atoms with Crippen molar-refractivity contribution in [2.24, 2.45) is 0 Å². The predicted molar refractivity (Wildman–Crippen MR) is 34.9 cm³/mol. The fourth-order valence-corrected chi connectivity index (χ4v) is 1.06. The van der Waals surface area contributed by atoms with E-state index in [0.29, 0.717) is 0 Å². The van der Waals surface area contributed by atoms with E-state index in [1.807, 2.05) is 0 Å². The third-order valence-electron chi connectivity index (χ3n) is 1.82. The molecule has 0 aromatic rings. The number of halogens is 1. The van der Waals surface area contributed by atoms with Gasteiger partial charge in [0.2, 0.25) is 0 Å². The van der Waals surface area contributed by atoms with Gasteiger partial charge in [0.15, 0.2) is 12.5 Å². The van der Waals surface area contributed by atoms with Crippen molar-refractivity contribution >= 4 is 0 Å². The van der Waals surface area contributed by atoms with Crippen LogP contribution in [0.5, 0.6) is 0 Å². The second-order valence-electron chi connectivity index (χ2n) is 2.67. The van der Waals surface area contributed by atoms with Gasteiger partial charge >= 0.3 is 0 Å². The zero-order valence-corrected chi connectivity index (χ0v) is 6.17. The first-order chi connectivity index (χ1) is 5.57. The lowest BCUT2D eigenvalue weighted by Gasteiger charge is -2.36. The molecule has 4 N–H and O–H groups in total. The third-order valence-corrected chi connectivity index (χ3v) is 1.82. The highest BCUT2D eigenvalue weighted by Crippen LogP contribution is 2.21. The number of aliphatic hydroxyl groups is 4. The normalized spacial score (nSPS) is 49.2. The summed E-state index contributed by atoms with van der Waals surface area (Å²) >= 11 is 0. The summed E-state index contributed by atoms with van der Waals surface area (Å²) in [4.78, 5) is 0. The van der Waals surface area contributed by atoms with Crippen molar-refractivity contribution in [1.82, 2.24) is 0 Å². The van der Waals surface area contributed by atoms with E-state index in [4.69, 9.17) is 20.4 Å². The predicted octanol–water partition coefficient (Wildman–Crippen LogP) is -2.24. The SMILES string of the molecule is OC[C@H]1OC(O)[C@H](O)[C@@H](F)[C@@H]1O. The minimum Gasteiger partial charge on any atom is -0.394 e. The molecule has 0 aromatic carbocycles. The fourth-order valence-electron chi connectivity index (χ4n) is 1.06. The van der Waals surface area contributed by atoms with Gasteiger partial charge in [-0.1, -0.05) is 0 Å². The van der Waals surface area contributed by atoms with Crippen molar-refractivity contribution in [2.45, 2.75) is 30.8 Å². The van der Waals surface area contributed by atoms with E-state index in [1.165, 1.54) is 0 Å². The van der Waals surface area contributed by atoms with Crippen molar-refractivity contribution in [2.75, 3.05) is 6.61 Å². The Morgan fingerprint density at radius 1 is 1.17 bits per heavy atom. The summed E-state index contributed by atoms with van der Waals surface area (Å²) in [7, 11) is 0. The maximum absolute atomic E-state index is 12.8. The van der Waals surface area contributed by atoms with Crippen molar-refractivity contribution in [1.29, 1.82) is 0 Å². The topological polar surface area (TPSA) is 90.2 Å². The lowest BCUT2D eigenvalue weighted by molar-refractivity contribution is -0.274. The molecule has 0 spiro atoms. The Bertz CT molecular complexity index is 150. The van der Waals surface area contributed by atoms with Gasteiger partial charge < -0.3 is 25.2 Å². The first kappa shape index (κ1) is 9.82. The Morgan fingerprint density at radius 3 is 2.25 bits per heavy atom. The molecule has 0 amide bonds. The molecule has 0 radical (unpaired) electrons. The zero-order valence-electron chi connectivity index (χ0n) is 6.17. The summed E-state index contributed by atoms with van der Waals surface area (Å²) < 4.78 is 17.3. The number of hydrogen-bond acceptors (Lipinski definition) is 5. The molecule has 1 unspecified atom stereocenters. The van der Waals surface area contributed by atoms with Crippen LogP contribution in [0.4, 0.5) is 4.39 Å². The van der Waals surface area contributed by atoms with E-state index in [-0.39, 0.29) is 0 Å². The van der Waals surface area contributed by atoms with Crippen molar-refractivity contribution < 1.29 is 29.6 Å². The summed E-state index contributed by atoms with van der Waals surface area (Å²) in [5.41, 5.74) is 0. The standard InChI is InChI=1S/C6H11FO5/c7-3-4(9)2(1-8)12-6(11)5(3)10/h2-6,8-11H,1H2/t2-,3+,4-,5-,6?/m1/s1. The molecule has 1 fully saturated rings. The van der Waals surface area contributed by atoms with Gasteiger partial charge in [0.1, 0.15) is 18.3 Å². The van der Waals surface area contributed by atoms with Crippen LogP contribution >= 0.6 is 0 Å². The lowest BCUT2D eigenvalue weighted by atomic mass is 10.0. The van der Waals surface area contributed by atoms with Gasteiger partial charge in [-0.3, -0.25) is 0 Å². The molecular formula is C6H11FO5. The van der Waals surface area contributed by atoms with Gasteiger partial charge in [-0.15, -0.1) is 0 Å². The van der Waals surface area contributed by atoms with Gasteiger partial charge in [-0.25, -0.2) is 4.39 Å². The van der Waals surface area contributed by atoms with Crippen LogP contribution in [-0.4, -0.2) is 57.8 Å². The van der Waals surface area contributed by atoms with E-state index in [1.54, 1.807) is 0 Å². The second kappa shape index (κ2) is 3.63. The molecule has 0 aliphatic carbocycles. The third kappa shape index (κ3) is 1.57. The van der Waals surface area contributed by atoms with Crippen molar-refractivity contribution in [3.05, 3.63) is 0 Å². The summed E-state index contributed by atoms with van der Waals surface area (Å²) in [6.45, 7) is -0.606. The summed E-state index contributed by atoms with van der Waals surface area (Å²) in [5.74, 6) is 0. The van der Waals surface area contributed by atoms with Gasteiger partial charge in [0, 0.05) is 0 Å². The molecular weight excluding hydrogens is 171 g/mol. The molecule has 12 heavy (non-hydrogen) atoms. The van der Waals surface area contributed by atoms with Gasteiger partial charge in [-0.2, -0.15) is 0 Å². The molecule has 5 atom stereocenters. The van der Waals surface area contributed by atoms with Crippen LogP contribution in [0.25, 0.3) is 0 Å². The van der Waals surface area contributed by atoms with Gasteiger partial charge in [0.25, 0.3) is 0 Å². The van der Waals surface area contributed by atoms with E-state index in [9.17, 15) is 4.39 Å². The van der Waals surface area contributed by atoms with Crippen LogP contribution in [0.2, 0.25) is 0 Å². The van der Waals surface area contributed by atoms with Gasteiger partial charge in [-0.05, 0) is 0 Å². The smallest absolute Gasteiger partial charge is 0.184 e. The molecule has 1 aliphatic heterocycles. The molecule has 6 heteroatoms. The van der Waals surface area contributed by atoms with E-state index >= 15 is 0 Å². The second-order valence-corrected chi connectivity index (χ2v) is 2.67. The maximum Gasteiger partial charge on any atom is 0.184 e. The molecule has 1 saturated heterocycles. The molecule has 1 heterocycles. The van der Waals surface area contributed by atoms with E-state index in [2.05, 4.69) is 4.74 Å². The molecule has 1 aliphatic rings. The number of hydrogen-bond donors (Lipinski definition) is 4. The highest BCUT2D eigenvalue weighted by Gasteiger charge is 2.43. The average molecular weight is 182 g/mol. The molecule has 72 valence electrons. The Balaban J connectivity index is 2.63. The summed E-state index contributed by atoms with van der Waals surface area (Å²) in [6.07, 6.45) is -8.24. The van der Waals surface area contributed by atoms with E-state index in [0.717, 1.165) is 0 Å². The highest BCUT2D eigenvalue weighted by molar-refractivity contribution is 4.88. The Labute approximate surface area is 68.0 Å². The molecule has 0 aromatic heterocycles. The van der Waals surface area contributed by atoms with Crippen LogP contribution < -0.4 is 0 Å². The Hall–Kier alpha value is -0.270. The molecule has 0 bridgehead atoms. The van der Waals surface area contributed by atoms with Gasteiger partial charge in [0.05, 0.1) is 6.61 Å². The molecule has 1 rings (SSSR count). The average Bonchev–Trinajstić information content (AvgIpc) is 2.08. The number of rotatable bonds is 1. The number of aliphatic hydroxyl groups excluding tert-OH is 4. The fraction of sp³-hybridized carbons (Fsp3) is 1.00. The minimum absolute atomic E-state index is 0.606. The monoisotopic (exact) mass is 182 g/mol. The van der Waals surface area contributed by atoms with Crippen molar-refractivity contribution in [3.63, 3.8) is 0 Å². The zero-order chi connectivity index (χ0) is 9.30. The quantitative estimate of drug-likeness (QED) is 0.368. The maximum atomic E-state index is 12.8. The highest BCUT2D eigenvalue weighted by atomic mass is 19.1. The van der Waals surface area contributed by atoms with E-state index < -0.39 is 37.4 Å². The first-order valence-corrected chi connectivity index (χ1v) is 3.52. The first-order valence-electron chi connectivity index (χ1n) is 3.52. The summed E-state index contributed by atoms with van der Waals surface area (Å²) in [5, 5.41) is 35.2. The Kier molecular flexibility index (Phi) is 2.97. The van der Waals surface area contributed by atoms with Crippen molar-refractivity contribution in [3.8, 4) is 0 Å². The van der Waals surface area contributed by atoms with Crippen LogP contribution in [0.3, 0.4) is 0 Å². The molecule has 0 saturated carbocycles. The minimum atomic E-state index is -1.99. The molecule has 5 nitrogen and oxygen atoms in total. The number of alkyl halides is 1. The largest absolute Gasteiger partial charge is 0.394 e. The van der Waals surface area contributed by atoms with Crippen LogP contribution in [0, 0.1) is 0 Å². The number of ether oxygens (including phenoxy) is 1. The van der Waals surface area contributed by atoms with Crippen LogP contribution in [0.15, 0.2) is 0 Å². The summed E-state index contributed by atoms with van der Waals surface area (Å²) in [6, 6.07) is 0. The Morgan fingerprint density at radius 2 is 1.75 bits per heavy atom. The lowest BCUT2D eigenvalue weighted by Crippen LogP contribution is -2.56.